The van der Waals surface area contributed by atoms with E-state index in [1.165, 1.54) is 5.56 Å². The maximum absolute atomic E-state index is 12.7. The number of fused-ring (bicyclic) bond motifs is 1. The molecule has 0 saturated heterocycles. The Bertz CT molecular complexity index is 889. The van der Waals surface area contributed by atoms with Gasteiger partial charge >= 0.3 is 11.7 Å². The molecule has 1 aliphatic heterocycles. The summed E-state index contributed by atoms with van der Waals surface area (Å²) in [6.07, 6.45) is 0.888. The average molecular weight is 363 g/mol. The maximum Gasteiger partial charge on any atom is 0.441 e. The van der Waals surface area contributed by atoms with Crippen LogP contribution in [0.1, 0.15) is 30.5 Å². The minimum Gasteiger partial charge on any atom is -0.457 e. The second-order valence-electron chi connectivity index (χ2n) is 6.29. The van der Waals surface area contributed by atoms with Gasteiger partial charge in [-0.3, -0.25) is 4.79 Å². The number of benzene rings is 2. The quantitative estimate of drug-likeness (QED) is 0.260. The Hall–Kier alpha value is -3.24. The van der Waals surface area contributed by atoms with Crippen LogP contribution in [-0.4, -0.2) is 35.4 Å². The Balaban J connectivity index is 1.94. The smallest absolute Gasteiger partial charge is 0.441 e. The lowest BCUT2D eigenvalue weighted by Crippen LogP contribution is -2.39. The summed E-state index contributed by atoms with van der Waals surface area (Å²) in [4.78, 5) is 29.7. The van der Waals surface area contributed by atoms with Gasteiger partial charge in [-0.2, -0.15) is 4.79 Å². The van der Waals surface area contributed by atoms with Gasteiger partial charge in [-0.05, 0) is 36.6 Å². The van der Waals surface area contributed by atoms with Crippen LogP contribution in [0.4, 0.5) is 5.69 Å². The first kappa shape index (κ1) is 18.5. The molecule has 1 atom stereocenters. The Labute approximate surface area is 158 Å². The minimum atomic E-state index is -0.902. The number of carbonyl (C=O) groups excluding carboxylic acids is 2. The van der Waals surface area contributed by atoms with Gasteiger partial charge in [0.25, 0.3) is 5.78 Å². The molecule has 2 aromatic carbocycles. The van der Waals surface area contributed by atoms with Crippen LogP contribution in [0.25, 0.3) is 5.53 Å². The van der Waals surface area contributed by atoms with E-state index in [0.717, 1.165) is 24.2 Å². The topological polar surface area (TPSA) is 83.0 Å². The van der Waals surface area contributed by atoms with Crippen LogP contribution in [0.3, 0.4) is 0 Å². The molecule has 1 unspecified atom stereocenters. The molecule has 1 aliphatic rings. The fourth-order valence-corrected chi connectivity index (χ4v) is 3.48. The number of anilines is 1. The van der Waals surface area contributed by atoms with Crippen molar-refractivity contribution in [2.24, 2.45) is 0 Å². The summed E-state index contributed by atoms with van der Waals surface area (Å²) in [5.41, 5.74) is 11.8. The number of rotatable bonds is 6. The summed E-state index contributed by atoms with van der Waals surface area (Å²) in [6.45, 7) is 2.49. The predicted molar refractivity (Wildman–Crippen MR) is 102 cm³/mol. The van der Waals surface area contributed by atoms with Gasteiger partial charge in [-0.1, -0.05) is 42.5 Å². The molecular formula is C21H21N3O3. The van der Waals surface area contributed by atoms with E-state index in [2.05, 4.69) is 15.8 Å². The van der Waals surface area contributed by atoms with Crippen LogP contribution in [0, 0.1) is 0 Å². The van der Waals surface area contributed by atoms with Crippen molar-refractivity contribution in [3.63, 3.8) is 0 Å². The fourth-order valence-electron chi connectivity index (χ4n) is 3.48. The second-order valence-corrected chi connectivity index (χ2v) is 6.29. The summed E-state index contributed by atoms with van der Waals surface area (Å²) in [5, 5.41) is 0. The lowest BCUT2D eigenvalue weighted by molar-refractivity contribution is -0.141. The van der Waals surface area contributed by atoms with Gasteiger partial charge in [0.1, 0.15) is 0 Å². The number of hydrogen-bond acceptors (Lipinski definition) is 4. The van der Waals surface area contributed by atoms with Crippen molar-refractivity contribution in [1.82, 2.24) is 0 Å². The molecule has 0 spiro atoms. The number of esters is 1. The standard InChI is InChI=1S/C21H21N3O3/c1-2-27-21(26)20(23-22)19(25)14-18-17-11-7-6-8-15(17)12-13-24(18)16-9-4-3-5-10-16/h3-11,18H,2,12-14H2,1H3. The van der Waals surface area contributed by atoms with Crippen molar-refractivity contribution < 1.29 is 19.1 Å². The van der Waals surface area contributed by atoms with Gasteiger partial charge in [0, 0.05) is 18.7 Å². The number of Topliss-reactive ketones (excluding diaryl/α,β-unsaturated/α-hetero) is 1. The summed E-state index contributed by atoms with van der Waals surface area (Å²) in [5.74, 6) is -1.45. The fraction of sp³-hybridized carbons (Fsp3) is 0.286. The van der Waals surface area contributed by atoms with E-state index in [9.17, 15) is 9.59 Å². The molecule has 3 rings (SSSR count). The Morgan fingerprint density at radius 3 is 2.56 bits per heavy atom. The molecule has 0 amide bonds. The van der Waals surface area contributed by atoms with E-state index in [1.807, 2.05) is 48.5 Å². The van der Waals surface area contributed by atoms with Crippen LogP contribution in [-0.2, 0) is 20.7 Å². The zero-order valence-electron chi connectivity index (χ0n) is 15.2. The molecule has 6 nitrogen and oxygen atoms in total. The number of hydrogen-bond donors (Lipinski definition) is 0. The third kappa shape index (κ3) is 3.96. The Kier molecular flexibility index (Phi) is 5.79. The first-order chi connectivity index (χ1) is 13.2. The molecule has 6 heteroatoms. The zero-order valence-corrected chi connectivity index (χ0v) is 15.2. The maximum atomic E-state index is 12.7. The van der Waals surface area contributed by atoms with Crippen LogP contribution >= 0.6 is 0 Å². The Morgan fingerprint density at radius 1 is 1.15 bits per heavy atom. The third-order valence-electron chi connectivity index (χ3n) is 4.71. The van der Waals surface area contributed by atoms with Gasteiger partial charge in [0.2, 0.25) is 0 Å². The minimum absolute atomic E-state index is 0.0180. The molecule has 27 heavy (non-hydrogen) atoms. The van der Waals surface area contributed by atoms with Gasteiger partial charge in [0.05, 0.1) is 12.6 Å². The largest absolute Gasteiger partial charge is 0.457 e. The van der Waals surface area contributed by atoms with Crippen LogP contribution in [0.5, 0.6) is 0 Å². The summed E-state index contributed by atoms with van der Waals surface area (Å²) in [6, 6.07) is 17.6. The molecule has 0 N–H and O–H groups in total. The number of carbonyl (C=O) groups is 2. The first-order valence-corrected chi connectivity index (χ1v) is 8.97. The highest BCUT2D eigenvalue weighted by atomic mass is 16.5. The monoisotopic (exact) mass is 363 g/mol. The van der Waals surface area contributed by atoms with Crippen LogP contribution in [0.2, 0.25) is 0 Å². The molecule has 0 saturated carbocycles. The molecule has 0 bridgehead atoms. The van der Waals surface area contributed by atoms with E-state index in [1.54, 1.807) is 6.92 Å². The van der Waals surface area contributed by atoms with Gasteiger partial charge in [-0.25, -0.2) is 4.79 Å². The van der Waals surface area contributed by atoms with Gasteiger partial charge in [0.15, 0.2) is 0 Å². The zero-order chi connectivity index (χ0) is 19.2. The van der Waals surface area contributed by atoms with Crippen molar-refractivity contribution in [3.8, 4) is 0 Å². The number of ketones is 1. The lowest BCUT2D eigenvalue weighted by Gasteiger charge is -2.38. The second kappa shape index (κ2) is 8.43. The van der Waals surface area contributed by atoms with Crippen LogP contribution < -0.4 is 4.90 Å². The van der Waals surface area contributed by atoms with E-state index in [-0.39, 0.29) is 19.1 Å². The highest BCUT2D eigenvalue weighted by molar-refractivity contribution is 6.62. The number of para-hydroxylation sites is 1. The van der Waals surface area contributed by atoms with Gasteiger partial charge in [-0.15, -0.1) is 0 Å². The molecular weight excluding hydrogens is 342 g/mol. The SMILES string of the molecule is CCOC(=O)C(=[N+]=[N-])C(=O)CC1c2ccccc2CCN1c1ccccc1. The third-order valence-corrected chi connectivity index (χ3v) is 4.71. The summed E-state index contributed by atoms with van der Waals surface area (Å²) >= 11 is 0. The molecule has 1 heterocycles. The normalized spacial score (nSPS) is 15.4. The van der Waals surface area contributed by atoms with Gasteiger partial charge < -0.3 is 15.2 Å². The van der Waals surface area contributed by atoms with Crippen molar-refractivity contribution in [1.29, 1.82) is 0 Å². The molecule has 0 radical (unpaired) electrons. The summed E-state index contributed by atoms with van der Waals surface area (Å²) in [7, 11) is 0. The summed E-state index contributed by atoms with van der Waals surface area (Å²) < 4.78 is 4.82. The first-order valence-electron chi connectivity index (χ1n) is 8.97. The molecule has 138 valence electrons. The highest BCUT2D eigenvalue weighted by Crippen LogP contribution is 2.35. The highest BCUT2D eigenvalue weighted by Gasteiger charge is 2.36. The van der Waals surface area contributed by atoms with Crippen molar-refractivity contribution in [3.05, 3.63) is 71.3 Å². The van der Waals surface area contributed by atoms with Crippen molar-refractivity contribution in [2.45, 2.75) is 25.8 Å². The van der Waals surface area contributed by atoms with E-state index in [4.69, 9.17) is 10.3 Å². The molecule has 0 aliphatic carbocycles. The Morgan fingerprint density at radius 2 is 1.85 bits per heavy atom. The van der Waals surface area contributed by atoms with E-state index >= 15 is 0 Å². The number of ether oxygens (including phenoxy) is 1. The van der Waals surface area contributed by atoms with Crippen LogP contribution in [0.15, 0.2) is 54.6 Å². The van der Waals surface area contributed by atoms with E-state index < -0.39 is 17.5 Å². The average Bonchev–Trinajstić information content (AvgIpc) is 2.69. The van der Waals surface area contributed by atoms with Crippen molar-refractivity contribution >= 4 is 23.2 Å². The predicted octanol–water partition coefficient (Wildman–Crippen LogP) is 2.98. The van der Waals surface area contributed by atoms with Crippen molar-refractivity contribution in [2.75, 3.05) is 18.1 Å². The molecule has 2 aromatic rings. The molecule has 0 aromatic heterocycles. The number of nitrogens with zero attached hydrogens (tertiary/aromatic N) is 3. The molecule has 0 fully saturated rings. The van der Waals surface area contributed by atoms with E-state index in [0.29, 0.717) is 0 Å². The lowest BCUT2D eigenvalue weighted by atomic mass is 9.88.